The van der Waals surface area contributed by atoms with Crippen LogP contribution in [0, 0.1) is 5.41 Å². The summed E-state index contributed by atoms with van der Waals surface area (Å²) in [7, 11) is 3.68. The van der Waals surface area contributed by atoms with Crippen molar-refractivity contribution in [3.63, 3.8) is 0 Å². The summed E-state index contributed by atoms with van der Waals surface area (Å²) in [5.74, 6) is 0.875. The summed E-state index contributed by atoms with van der Waals surface area (Å²) >= 11 is 3.57. The van der Waals surface area contributed by atoms with E-state index in [1.807, 2.05) is 13.1 Å². The van der Waals surface area contributed by atoms with Crippen LogP contribution >= 0.6 is 15.9 Å². The molecule has 0 aliphatic heterocycles. The smallest absolute Gasteiger partial charge is 0.133 e. The highest BCUT2D eigenvalue weighted by Crippen LogP contribution is 2.28. The second-order valence-electron chi connectivity index (χ2n) is 5.80. The monoisotopic (exact) mass is 343 g/mol. The molecule has 4 heteroatoms. The molecule has 0 aromatic heterocycles. The largest absolute Gasteiger partial charge is 0.490 e. The Hall–Kier alpha value is -0.580. The van der Waals surface area contributed by atoms with E-state index in [-0.39, 0.29) is 0 Å². The summed E-state index contributed by atoms with van der Waals surface area (Å²) in [4.78, 5) is 0. The molecular formula is C16H26BrNO2. The molecule has 0 radical (unpaired) electrons. The molecular weight excluding hydrogens is 318 g/mol. The van der Waals surface area contributed by atoms with Crippen molar-refractivity contribution in [2.24, 2.45) is 5.41 Å². The lowest BCUT2D eigenvalue weighted by molar-refractivity contribution is 0.146. The van der Waals surface area contributed by atoms with Gasteiger partial charge in [0.1, 0.15) is 12.4 Å². The van der Waals surface area contributed by atoms with Crippen molar-refractivity contribution >= 4 is 15.9 Å². The number of benzene rings is 1. The SMILES string of the molecule is CNCC(C)(C)CCc1ccc(OCCOC)c(Br)c1. The van der Waals surface area contributed by atoms with E-state index in [1.54, 1.807) is 7.11 Å². The molecule has 0 atom stereocenters. The van der Waals surface area contributed by atoms with Crippen molar-refractivity contribution < 1.29 is 9.47 Å². The van der Waals surface area contributed by atoms with Gasteiger partial charge in [-0.2, -0.15) is 0 Å². The minimum atomic E-state index is 0.314. The van der Waals surface area contributed by atoms with Crippen molar-refractivity contribution in [2.45, 2.75) is 26.7 Å². The van der Waals surface area contributed by atoms with Crippen molar-refractivity contribution in [1.82, 2.24) is 5.32 Å². The highest BCUT2D eigenvalue weighted by Gasteiger charge is 2.16. The topological polar surface area (TPSA) is 30.5 Å². The fourth-order valence-electron chi connectivity index (χ4n) is 2.10. The Labute approximate surface area is 131 Å². The fraction of sp³-hybridized carbons (Fsp3) is 0.625. The second kappa shape index (κ2) is 8.65. The van der Waals surface area contributed by atoms with Crippen LogP contribution in [0.25, 0.3) is 0 Å². The number of ether oxygens (including phenoxy) is 2. The quantitative estimate of drug-likeness (QED) is 0.694. The third kappa shape index (κ3) is 6.25. The molecule has 3 nitrogen and oxygen atoms in total. The molecule has 1 rings (SSSR count). The van der Waals surface area contributed by atoms with Gasteiger partial charge >= 0.3 is 0 Å². The average Bonchev–Trinajstić information content (AvgIpc) is 2.39. The van der Waals surface area contributed by atoms with Crippen LogP contribution in [0.2, 0.25) is 0 Å². The van der Waals surface area contributed by atoms with Gasteiger partial charge in [0.05, 0.1) is 11.1 Å². The highest BCUT2D eigenvalue weighted by atomic mass is 79.9. The Balaban J connectivity index is 2.54. The lowest BCUT2D eigenvalue weighted by Gasteiger charge is -2.24. The van der Waals surface area contributed by atoms with Crippen LogP contribution in [0.4, 0.5) is 0 Å². The zero-order valence-corrected chi connectivity index (χ0v) is 14.5. The zero-order chi connectivity index (χ0) is 15.0. The summed E-state index contributed by atoms with van der Waals surface area (Å²) in [6.45, 7) is 6.80. The highest BCUT2D eigenvalue weighted by molar-refractivity contribution is 9.10. The van der Waals surface area contributed by atoms with Gasteiger partial charge in [0.2, 0.25) is 0 Å². The number of methoxy groups -OCH3 is 1. The maximum atomic E-state index is 5.63. The predicted octanol–water partition coefficient (Wildman–Crippen LogP) is 3.65. The number of aryl methyl sites for hydroxylation is 1. The molecule has 0 amide bonds. The predicted molar refractivity (Wildman–Crippen MR) is 87.5 cm³/mol. The van der Waals surface area contributed by atoms with E-state index < -0.39 is 0 Å². The van der Waals surface area contributed by atoms with Gasteiger partial charge in [-0.05, 0) is 65.5 Å². The number of hydrogen-bond acceptors (Lipinski definition) is 3. The molecule has 0 aliphatic rings. The van der Waals surface area contributed by atoms with Crippen LogP contribution in [-0.2, 0) is 11.2 Å². The molecule has 1 aromatic carbocycles. The lowest BCUT2D eigenvalue weighted by atomic mass is 9.86. The van der Waals surface area contributed by atoms with Crippen LogP contribution in [0.15, 0.2) is 22.7 Å². The Bertz CT molecular complexity index is 407. The van der Waals surface area contributed by atoms with Gasteiger partial charge in [0.15, 0.2) is 0 Å². The second-order valence-corrected chi connectivity index (χ2v) is 6.65. The van der Waals surface area contributed by atoms with E-state index in [9.17, 15) is 0 Å². The Kier molecular flexibility index (Phi) is 7.56. The summed E-state index contributed by atoms with van der Waals surface area (Å²) in [5, 5.41) is 3.25. The molecule has 1 N–H and O–H groups in total. The van der Waals surface area contributed by atoms with Gasteiger partial charge < -0.3 is 14.8 Å². The van der Waals surface area contributed by atoms with Crippen molar-refractivity contribution in [3.8, 4) is 5.75 Å². The zero-order valence-electron chi connectivity index (χ0n) is 13.0. The van der Waals surface area contributed by atoms with E-state index in [1.165, 1.54) is 5.56 Å². The first-order valence-corrected chi connectivity index (χ1v) is 7.82. The Morgan fingerprint density at radius 3 is 2.60 bits per heavy atom. The summed E-state index contributed by atoms with van der Waals surface area (Å²) in [6, 6.07) is 6.32. The lowest BCUT2D eigenvalue weighted by Crippen LogP contribution is -2.27. The summed E-state index contributed by atoms with van der Waals surface area (Å²) in [6.07, 6.45) is 2.23. The molecule has 0 saturated carbocycles. The first kappa shape index (κ1) is 17.5. The third-order valence-electron chi connectivity index (χ3n) is 3.29. The molecule has 0 bridgehead atoms. The van der Waals surface area contributed by atoms with Crippen molar-refractivity contribution in [1.29, 1.82) is 0 Å². The van der Waals surface area contributed by atoms with E-state index in [0.29, 0.717) is 18.6 Å². The molecule has 0 spiro atoms. The normalized spacial score (nSPS) is 11.7. The molecule has 0 saturated heterocycles. The van der Waals surface area contributed by atoms with E-state index >= 15 is 0 Å². The molecule has 20 heavy (non-hydrogen) atoms. The van der Waals surface area contributed by atoms with Gasteiger partial charge in [-0.1, -0.05) is 19.9 Å². The van der Waals surface area contributed by atoms with Crippen molar-refractivity contribution in [3.05, 3.63) is 28.2 Å². The number of rotatable bonds is 9. The average molecular weight is 344 g/mol. The van der Waals surface area contributed by atoms with E-state index in [4.69, 9.17) is 9.47 Å². The summed E-state index contributed by atoms with van der Waals surface area (Å²) < 4.78 is 11.6. The van der Waals surface area contributed by atoms with Crippen LogP contribution in [0.5, 0.6) is 5.75 Å². The molecule has 1 aromatic rings. The number of hydrogen-bond donors (Lipinski definition) is 1. The molecule has 0 aliphatic carbocycles. The Morgan fingerprint density at radius 1 is 1.25 bits per heavy atom. The minimum absolute atomic E-state index is 0.314. The van der Waals surface area contributed by atoms with Crippen LogP contribution < -0.4 is 10.1 Å². The molecule has 0 fully saturated rings. The Morgan fingerprint density at radius 2 is 2.00 bits per heavy atom. The number of halogens is 1. The van der Waals surface area contributed by atoms with Gasteiger partial charge in [-0.3, -0.25) is 0 Å². The molecule has 0 unspecified atom stereocenters. The molecule has 114 valence electrons. The summed E-state index contributed by atoms with van der Waals surface area (Å²) in [5.41, 5.74) is 1.65. The fourth-order valence-corrected chi connectivity index (χ4v) is 2.64. The van der Waals surface area contributed by atoms with Gasteiger partial charge in [-0.25, -0.2) is 0 Å². The van der Waals surface area contributed by atoms with Gasteiger partial charge in [-0.15, -0.1) is 0 Å². The van der Waals surface area contributed by atoms with E-state index in [0.717, 1.165) is 29.6 Å². The maximum absolute atomic E-state index is 5.63. The van der Waals surface area contributed by atoms with Crippen LogP contribution in [0.3, 0.4) is 0 Å². The molecule has 0 heterocycles. The maximum Gasteiger partial charge on any atom is 0.133 e. The first-order valence-electron chi connectivity index (χ1n) is 7.03. The first-order chi connectivity index (χ1) is 9.48. The van der Waals surface area contributed by atoms with Crippen LogP contribution in [0.1, 0.15) is 25.8 Å². The minimum Gasteiger partial charge on any atom is -0.490 e. The number of nitrogens with one attached hydrogen (secondary N) is 1. The van der Waals surface area contributed by atoms with Crippen LogP contribution in [-0.4, -0.2) is 33.9 Å². The van der Waals surface area contributed by atoms with Crippen molar-refractivity contribution in [2.75, 3.05) is 33.9 Å². The van der Waals surface area contributed by atoms with Gasteiger partial charge in [0, 0.05) is 7.11 Å². The third-order valence-corrected chi connectivity index (χ3v) is 3.91. The van der Waals surface area contributed by atoms with Gasteiger partial charge in [0.25, 0.3) is 0 Å². The van der Waals surface area contributed by atoms with E-state index in [2.05, 4.69) is 47.2 Å². The standard InChI is InChI=1S/C16H26BrNO2/c1-16(2,12-18-3)8-7-13-5-6-15(14(17)11-13)20-10-9-19-4/h5-6,11,18H,7-10,12H2,1-4H3.